The smallest absolute Gasteiger partial charge is 0.287 e. The van der Waals surface area contributed by atoms with Crippen LogP contribution in [0.5, 0.6) is 0 Å². The molecule has 1 saturated heterocycles. The van der Waals surface area contributed by atoms with Gasteiger partial charge in [-0.3, -0.25) is 19.2 Å². The van der Waals surface area contributed by atoms with Gasteiger partial charge < -0.3 is 9.73 Å². The molecule has 6 heteroatoms. The lowest BCUT2D eigenvalue weighted by atomic mass is 9.80. The number of piperidine rings is 1. The summed E-state index contributed by atoms with van der Waals surface area (Å²) in [4.78, 5) is 48.9. The summed E-state index contributed by atoms with van der Waals surface area (Å²) in [5.41, 5.74) is 1.78. The number of aryl methyl sites for hydroxylation is 1. The molecule has 6 nitrogen and oxygen atoms in total. The number of Topliss-reactive ketones (excluding diaryl/α,β-unsaturated/α-hetero) is 3. The van der Waals surface area contributed by atoms with E-state index in [4.69, 9.17) is 4.42 Å². The molecule has 2 heterocycles. The quantitative estimate of drug-likeness (QED) is 0.656. The van der Waals surface area contributed by atoms with Crippen LogP contribution in [0.1, 0.15) is 45.1 Å². The number of hydrogen-bond acceptors (Lipinski definition) is 5. The zero-order valence-electron chi connectivity index (χ0n) is 16.9. The molecule has 1 fully saturated rings. The predicted octanol–water partition coefficient (Wildman–Crippen LogP) is 3.26. The minimum atomic E-state index is -0.612. The van der Waals surface area contributed by atoms with Gasteiger partial charge in [0.25, 0.3) is 5.91 Å². The van der Waals surface area contributed by atoms with Gasteiger partial charge in [-0.15, -0.1) is 0 Å². The van der Waals surface area contributed by atoms with Gasteiger partial charge >= 0.3 is 0 Å². The highest BCUT2D eigenvalue weighted by atomic mass is 16.3. The first-order chi connectivity index (χ1) is 13.9. The molecule has 1 N–H and O–H groups in total. The van der Waals surface area contributed by atoms with E-state index in [1.807, 2.05) is 38.1 Å². The van der Waals surface area contributed by atoms with E-state index >= 15 is 0 Å². The van der Waals surface area contributed by atoms with E-state index in [1.54, 1.807) is 6.26 Å². The van der Waals surface area contributed by atoms with Crippen molar-refractivity contribution in [2.75, 3.05) is 6.54 Å². The second kappa shape index (κ2) is 9.16. The lowest BCUT2D eigenvalue weighted by Gasteiger charge is -2.24. The molecule has 3 rings (SSSR count). The molecular weight excluding hydrogens is 370 g/mol. The molecule has 1 aromatic carbocycles. The Kier molecular flexibility index (Phi) is 6.62. The van der Waals surface area contributed by atoms with Gasteiger partial charge in [-0.2, -0.15) is 0 Å². The maximum Gasteiger partial charge on any atom is 0.287 e. The van der Waals surface area contributed by atoms with Crippen molar-refractivity contribution in [2.24, 2.45) is 17.8 Å². The summed E-state index contributed by atoms with van der Waals surface area (Å²) < 4.78 is 5.51. The summed E-state index contributed by atoms with van der Waals surface area (Å²) >= 11 is 0. The number of fused-ring (bicyclic) bond motifs is 1. The van der Waals surface area contributed by atoms with Crippen molar-refractivity contribution in [3.63, 3.8) is 0 Å². The van der Waals surface area contributed by atoms with Crippen LogP contribution in [0.15, 0.2) is 34.9 Å². The zero-order chi connectivity index (χ0) is 21.0. The van der Waals surface area contributed by atoms with Crippen LogP contribution in [0.2, 0.25) is 0 Å². The molecule has 1 aromatic heterocycles. The Morgan fingerprint density at radius 3 is 2.72 bits per heavy atom. The fourth-order valence-corrected chi connectivity index (χ4v) is 3.92. The Morgan fingerprint density at radius 1 is 1.21 bits per heavy atom. The number of furan rings is 1. The molecule has 1 amide bonds. The van der Waals surface area contributed by atoms with Gasteiger partial charge in [0.15, 0.2) is 0 Å². The van der Waals surface area contributed by atoms with Gasteiger partial charge in [0.1, 0.15) is 17.1 Å². The van der Waals surface area contributed by atoms with Gasteiger partial charge in [-0.25, -0.2) is 0 Å². The molecule has 1 aliphatic heterocycles. The van der Waals surface area contributed by atoms with Crippen molar-refractivity contribution in [1.29, 1.82) is 0 Å². The van der Waals surface area contributed by atoms with Crippen molar-refractivity contribution >= 4 is 34.2 Å². The molecule has 2 atom stereocenters. The average molecular weight is 397 g/mol. The van der Waals surface area contributed by atoms with Crippen LogP contribution < -0.4 is 5.32 Å². The SMILES string of the molecule is CC(C)C(CC(=O)CCc1coc2ccccc12)C(=O)CC1CCNC(=O)C1=O. The van der Waals surface area contributed by atoms with Crippen LogP contribution in [0, 0.1) is 17.8 Å². The van der Waals surface area contributed by atoms with E-state index in [0.29, 0.717) is 25.8 Å². The number of nitrogens with one attached hydrogen (secondary N) is 1. The Hall–Kier alpha value is -2.76. The number of ketones is 3. The van der Waals surface area contributed by atoms with E-state index in [0.717, 1.165) is 16.5 Å². The average Bonchev–Trinajstić information content (AvgIpc) is 3.11. The first-order valence-electron chi connectivity index (χ1n) is 10.2. The summed E-state index contributed by atoms with van der Waals surface area (Å²) in [6, 6.07) is 7.70. The fourth-order valence-electron chi connectivity index (χ4n) is 3.92. The highest BCUT2D eigenvalue weighted by Crippen LogP contribution is 2.26. The number of hydrogen-bond donors (Lipinski definition) is 1. The molecule has 29 heavy (non-hydrogen) atoms. The van der Waals surface area contributed by atoms with E-state index in [-0.39, 0.29) is 30.3 Å². The summed E-state index contributed by atoms with van der Waals surface area (Å²) in [7, 11) is 0. The molecule has 1 aliphatic rings. The number of benzene rings is 1. The van der Waals surface area contributed by atoms with E-state index < -0.39 is 23.5 Å². The van der Waals surface area contributed by atoms with Crippen LogP contribution in [0.3, 0.4) is 0 Å². The molecule has 0 aliphatic carbocycles. The fraction of sp³-hybridized carbons (Fsp3) is 0.478. The Morgan fingerprint density at radius 2 is 1.97 bits per heavy atom. The van der Waals surface area contributed by atoms with E-state index in [2.05, 4.69) is 5.32 Å². The first kappa shape index (κ1) is 21.0. The number of rotatable bonds is 9. The lowest BCUT2D eigenvalue weighted by molar-refractivity contribution is -0.143. The van der Waals surface area contributed by atoms with Crippen LogP contribution in [0.4, 0.5) is 0 Å². The van der Waals surface area contributed by atoms with E-state index in [9.17, 15) is 19.2 Å². The van der Waals surface area contributed by atoms with Crippen molar-refractivity contribution in [1.82, 2.24) is 5.32 Å². The molecule has 0 radical (unpaired) electrons. The molecule has 2 aromatic rings. The lowest BCUT2D eigenvalue weighted by Crippen LogP contribution is -2.43. The standard InChI is InChI=1S/C23H27NO5/c1-14(2)19(20(26)11-15-9-10-24-23(28)22(15)27)12-17(25)8-7-16-13-29-21-6-4-3-5-18(16)21/h3-6,13-15,19H,7-12H2,1-2H3,(H,24,28). The zero-order valence-corrected chi connectivity index (χ0v) is 16.9. The maximum absolute atomic E-state index is 12.8. The molecular formula is C23H27NO5. The van der Waals surface area contributed by atoms with Crippen molar-refractivity contribution in [2.45, 2.75) is 46.0 Å². The summed E-state index contributed by atoms with van der Waals surface area (Å²) in [5.74, 6) is -2.21. The topological polar surface area (TPSA) is 93.4 Å². The van der Waals surface area contributed by atoms with Gasteiger partial charge in [0.2, 0.25) is 5.78 Å². The second-order valence-electron chi connectivity index (χ2n) is 8.13. The normalized spacial score (nSPS) is 18.1. The third kappa shape index (κ3) is 5.00. The monoisotopic (exact) mass is 397 g/mol. The highest BCUT2D eigenvalue weighted by molar-refractivity contribution is 6.37. The number of amides is 1. The largest absolute Gasteiger partial charge is 0.464 e. The Labute approximate surface area is 170 Å². The van der Waals surface area contributed by atoms with Crippen LogP contribution in [-0.2, 0) is 25.6 Å². The van der Waals surface area contributed by atoms with Crippen LogP contribution in [0.25, 0.3) is 11.0 Å². The summed E-state index contributed by atoms with van der Waals surface area (Å²) in [6.45, 7) is 4.23. The van der Waals surface area contributed by atoms with Gasteiger partial charge in [0, 0.05) is 43.0 Å². The minimum Gasteiger partial charge on any atom is -0.464 e. The number of para-hydroxylation sites is 1. The molecule has 154 valence electrons. The molecule has 0 bridgehead atoms. The molecule has 0 saturated carbocycles. The summed E-state index contributed by atoms with van der Waals surface area (Å²) in [5, 5.41) is 3.51. The highest BCUT2D eigenvalue weighted by Gasteiger charge is 2.34. The van der Waals surface area contributed by atoms with Gasteiger partial charge in [-0.1, -0.05) is 32.0 Å². The van der Waals surface area contributed by atoms with Crippen molar-refractivity contribution in [3.8, 4) is 0 Å². The van der Waals surface area contributed by atoms with E-state index in [1.165, 1.54) is 0 Å². The summed E-state index contributed by atoms with van der Waals surface area (Å²) in [6.07, 6.45) is 3.26. The number of carbonyl (C=O) groups is 4. The third-order valence-corrected chi connectivity index (χ3v) is 5.72. The molecule has 2 unspecified atom stereocenters. The van der Waals surface area contributed by atoms with Crippen molar-refractivity contribution in [3.05, 3.63) is 36.1 Å². The van der Waals surface area contributed by atoms with Crippen molar-refractivity contribution < 1.29 is 23.6 Å². The minimum absolute atomic E-state index is 0.00581. The maximum atomic E-state index is 12.8. The van der Waals surface area contributed by atoms with Crippen LogP contribution in [-0.4, -0.2) is 29.8 Å². The second-order valence-corrected chi connectivity index (χ2v) is 8.13. The molecule has 0 spiro atoms. The Bertz CT molecular complexity index is 926. The first-order valence-corrected chi connectivity index (χ1v) is 10.2. The number of carbonyl (C=O) groups excluding carboxylic acids is 4. The third-order valence-electron chi connectivity index (χ3n) is 5.72. The van der Waals surface area contributed by atoms with Crippen LogP contribution >= 0.6 is 0 Å². The van der Waals surface area contributed by atoms with Gasteiger partial charge in [0.05, 0.1) is 6.26 Å². The Balaban J connectivity index is 1.57. The van der Waals surface area contributed by atoms with Gasteiger partial charge in [-0.05, 0) is 30.4 Å². The predicted molar refractivity (Wildman–Crippen MR) is 108 cm³/mol.